The molecular weight excluding hydrogens is 262 g/mol. The molecule has 0 aliphatic heterocycles. The van der Waals surface area contributed by atoms with Crippen LogP contribution in [0.15, 0.2) is 18.2 Å². The number of para-hydroxylation sites is 1. The Morgan fingerprint density at radius 1 is 1.38 bits per heavy atom. The molecule has 1 atom stereocenters. The molecule has 0 saturated heterocycles. The summed E-state index contributed by atoms with van der Waals surface area (Å²) in [7, 11) is 0. The van der Waals surface area contributed by atoms with Gasteiger partial charge in [0.25, 0.3) is 0 Å². The van der Waals surface area contributed by atoms with Gasteiger partial charge >= 0.3 is 5.97 Å². The summed E-state index contributed by atoms with van der Waals surface area (Å²) in [4.78, 5) is 15.0. The molecular formula is C18H23NO2. The summed E-state index contributed by atoms with van der Waals surface area (Å²) in [5, 5.41) is 10.6. The van der Waals surface area contributed by atoms with Crippen molar-refractivity contribution in [2.24, 2.45) is 0 Å². The lowest BCUT2D eigenvalue weighted by Crippen LogP contribution is -2.33. The molecule has 0 amide bonds. The summed E-state index contributed by atoms with van der Waals surface area (Å²) in [5.74, 6) is -0.695. The van der Waals surface area contributed by atoms with Gasteiger partial charge in [-0.3, -0.25) is 4.79 Å². The molecule has 0 spiro atoms. The van der Waals surface area contributed by atoms with Crippen molar-refractivity contribution in [3.05, 3.63) is 35.0 Å². The van der Waals surface area contributed by atoms with Crippen molar-refractivity contribution in [1.82, 2.24) is 4.98 Å². The van der Waals surface area contributed by atoms with E-state index in [0.29, 0.717) is 0 Å². The Morgan fingerprint density at radius 3 is 2.86 bits per heavy atom. The maximum absolute atomic E-state index is 11.4. The first kappa shape index (κ1) is 14.2. The molecule has 3 rings (SSSR count). The number of hydrogen-bond acceptors (Lipinski definition) is 1. The first-order valence-corrected chi connectivity index (χ1v) is 7.96. The lowest BCUT2D eigenvalue weighted by Gasteiger charge is -2.35. The first-order valence-electron chi connectivity index (χ1n) is 7.96. The van der Waals surface area contributed by atoms with Gasteiger partial charge < -0.3 is 10.1 Å². The monoisotopic (exact) mass is 285 g/mol. The summed E-state index contributed by atoms with van der Waals surface area (Å²) < 4.78 is 0. The number of benzene rings is 1. The predicted molar refractivity (Wildman–Crippen MR) is 84.8 cm³/mol. The first-order chi connectivity index (χ1) is 10.1. The molecule has 0 saturated carbocycles. The molecule has 1 aliphatic rings. The van der Waals surface area contributed by atoms with Gasteiger partial charge in [0.15, 0.2) is 0 Å². The van der Waals surface area contributed by atoms with Gasteiger partial charge in [-0.05, 0) is 43.2 Å². The van der Waals surface area contributed by atoms with Crippen molar-refractivity contribution < 1.29 is 9.90 Å². The topological polar surface area (TPSA) is 53.1 Å². The second-order valence-corrected chi connectivity index (χ2v) is 6.23. The molecule has 1 aromatic carbocycles. The second-order valence-electron chi connectivity index (χ2n) is 6.23. The van der Waals surface area contributed by atoms with E-state index in [4.69, 9.17) is 0 Å². The summed E-state index contributed by atoms with van der Waals surface area (Å²) in [6.07, 6.45) is 5.21. The minimum atomic E-state index is -0.695. The predicted octanol–water partition coefficient (Wildman–Crippen LogP) is 4.19. The number of carboxylic acids is 1. The lowest BCUT2D eigenvalue weighted by molar-refractivity contribution is -0.138. The Bertz CT molecular complexity index is 686. The number of rotatable bonds is 4. The van der Waals surface area contributed by atoms with E-state index in [0.717, 1.165) is 32.1 Å². The number of aromatic nitrogens is 1. The Labute approximate surface area is 125 Å². The van der Waals surface area contributed by atoms with Crippen molar-refractivity contribution >= 4 is 16.9 Å². The van der Waals surface area contributed by atoms with Gasteiger partial charge in [0.2, 0.25) is 0 Å². The number of hydrogen-bond donors (Lipinski definition) is 2. The second kappa shape index (κ2) is 5.21. The van der Waals surface area contributed by atoms with Crippen LogP contribution in [0.5, 0.6) is 0 Å². The molecule has 1 aromatic heterocycles. The van der Waals surface area contributed by atoms with Crippen LogP contribution in [-0.2, 0) is 23.1 Å². The number of aliphatic carboxylic acids is 1. The Hall–Kier alpha value is -1.77. The number of fused-ring (bicyclic) bond motifs is 3. The van der Waals surface area contributed by atoms with Crippen molar-refractivity contribution in [1.29, 1.82) is 0 Å². The SMILES string of the molecule is CCc1cccc2c3c([nH]c12)[C@@](CC)(CC(=O)O)CCC3. The molecule has 0 fully saturated rings. The maximum atomic E-state index is 11.4. The van der Waals surface area contributed by atoms with E-state index in [1.807, 2.05) is 0 Å². The van der Waals surface area contributed by atoms with Crippen LogP contribution in [0.4, 0.5) is 0 Å². The zero-order valence-electron chi connectivity index (χ0n) is 12.8. The third-order valence-electron chi connectivity index (χ3n) is 5.19. The van der Waals surface area contributed by atoms with E-state index in [1.54, 1.807) is 0 Å². The quantitative estimate of drug-likeness (QED) is 0.885. The zero-order valence-corrected chi connectivity index (χ0v) is 12.8. The van der Waals surface area contributed by atoms with Crippen molar-refractivity contribution in [2.75, 3.05) is 0 Å². The van der Waals surface area contributed by atoms with Gasteiger partial charge in [0.1, 0.15) is 0 Å². The van der Waals surface area contributed by atoms with Gasteiger partial charge in [-0.2, -0.15) is 0 Å². The summed E-state index contributed by atoms with van der Waals surface area (Å²) >= 11 is 0. The van der Waals surface area contributed by atoms with E-state index >= 15 is 0 Å². The molecule has 1 heterocycles. The summed E-state index contributed by atoms with van der Waals surface area (Å²) in [6, 6.07) is 6.46. The Morgan fingerprint density at radius 2 is 2.19 bits per heavy atom. The highest BCUT2D eigenvalue weighted by molar-refractivity contribution is 5.88. The van der Waals surface area contributed by atoms with Crippen LogP contribution in [0.2, 0.25) is 0 Å². The van der Waals surface area contributed by atoms with E-state index in [1.165, 1.54) is 27.7 Å². The third kappa shape index (κ3) is 2.15. The highest BCUT2D eigenvalue weighted by Gasteiger charge is 2.39. The van der Waals surface area contributed by atoms with Crippen LogP contribution in [0, 0.1) is 0 Å². The number of nitrogens with one attached hydrogen (secondary N) is 1. The number of carbonyl (C=O) groups is 1. The molecule has 0 radical (unpaired) electrons. The van der Waals surface area contributed by atoms with Crippen LogP contribution in [-0.4, -0.2) is 16.1 Å². The fourth-order valence-electron chi connectivity index (χ4n) is 4.01. The maximum Gasteiger partial charge on any atom is 0.304 e. The van der Waals surface area contributed by atoms with Crippen LogP contribution < -0.4 is 0 Å². The van der Waals surface area contributed by atoms with Crippen LogP contribution in [0.25, 0.3) is 10.9 Å². The molecule has 3 nitrogen and oxygen atoms in total. The van der Waals surface area contributed by atoms with Crippen molar-refractivity contribution in [3.8, 4) is 0 Å². The van der Waals surface area contributed by atoms with E-state index in [2.05, 4.69) is 37.0 Å². The van der Waals surface area contributed by atoms with E-state index in [9.17, 15) is 9.90 Å². The average molecular weight is 285 g/mol. The molecule has 2 N–H and O–H groups in total. The van der Waals surface area contributed by atoms with Gasteiger partial charge in [-0.15, -0.1) is 0 Å². The number of carboxylic acid groups (broad SMARTS) is 1. The largest absolute Gasteiger partial charge is 0.481 e. The highest BCUT2D eigenvalue weighted by atomic mass is 16.4. The molecule has 21 heavy (non-hydrogen) atoms. The smallest absolute Gasteiger partial charge is 0.304 e. The highest BCUT2D eigenvalue weighted by Crippen LogP contribution is 2.45. The minimum Gasteiger partial charge on any atom is -0.481 e. The minimum absolute atomic E-state index is 0.219. The molecule has 2 aromatic rings. The average Bonchev–Trinajstić information content (AvgIpc) is 2.87. The molecule has 3 heteroatoms. The van der Waals surface area contributed by atoms with E-state index < -0.39 is 5.97 Å². The molecule has 0 bridgehead atoms. The van der Waals surface area contributed by atoms with Crippen molar-refractivity contribution in [3.63, 3.8) is 0 Å². The zero-order chi connectivity index (χ0) is 15.0. The normalized spacial score (nSPS) is 21.4. The number of aromatic amines is 1. The fraction of sp³-hybridized carbons (Fsp3) is 0.500. The number of aryl methyl sites for hydroxylation is 2. The van der Waals surface area contributed by atoms with E-state index in [-0.39, 0.29) is 11.8 Å². The van der Waals surface area contributed by atoms with Crippen LogP contribution in [0.3, 0.4) is 0 Å². The standard InChI is InChI=1S/C18H23NO2/c1-3-12-7-5-8-13-14-9-6-10-18(4-2,11-15(20)21)17(14)19-16(12)13/h5,7-8,19H,3-4,6,9-11H2,1-2H3,(H,20,21)/t18-/m1/s1. The lowest BCUT2D eigenvalue weighted by atomic mass is 9.69. The molecule has 1 aliphatic carbocycles. The van der Waals surface area contributed by atoms with Gasteiger partial charge in [0.05, 0.1) is 6.42 Å². The molecule has 0 unspecified atom stereocenters. The Kier molecular flexibility index (Phi) is 3.52. The van der Waals surface area contributed by atoms with Gasteiger partial charge in [0, 0.05) is 22.0 Å². The van der Waals surface area contributed by atoms with Gasteiger partial charge in [-0.25, -0.2) is 0 Å². The Balaban J connectivity index is 2.24. The molecule has 112 valence electrons. The van der Waals surface area contributed by atoms with Crippen LogP contribution in [0.1, 0.15) is 56.4 Å². The van der Waals surface area contributed by atoms with Gasteiger partial charge in [-0.1, -0.05) is 32.0 Å². The number of H-pyrrole nitrogens is 1. The summed E-state index contributed by atoms with van der Waals surface area (Å²) in [5.41, 5.74) is 4.87. The summed E-state index contributed by atoms with van der Waals surface area (Å²) in [6.45, 7) is 4.28. The van der Waals surface area contributed by atoms with Crippen LogP contribution >= 0.6 is 0 Å². The fourth-order valence-corrected chi connectivity index (χ4v) is 4.01. The third-order valence-corrected chi connectivity index (χ3v) is 5.19. The van der Waals surface area contributed by atoms with Crippen molar-refractivity contribution in [2.45, 2.75) is 57.8 Å².